The van der Waals surface area contributed by atoms with Crippen LogP contribution in [-0.4, -0.2) is 41.1 Å². The van der Waals surface area contributed by atoms with Crippen LogP contribution < -0.4 is 11.5 Å². The molecule has 0 aromatic carbocycles. The Balaban J connectivity index is 2.29. The van der Waals surface area contributed by atoms with Gasteiger partial charge in [0.15, 0.2) is 17.3 Å². The number of tetrazole rings is 1. The number of aryl methyl sites for hydroxylation is 1. The van der Waals surface area contributed by atoms with E-state index in [4.69, 9.17) is 11.5 Å². The molecule has 0 unspecified atom stereocenters. The molecular formula is C6H9N9O. The molecule has 10 heteroatoms. The lowest BCUT2D eigenvalue weighted by molar-refractivity contribution is 0.0996. The topological polar surface area (TPSA) is 143 Å². The first-order valence-corrected chi connectivity index (χ1v) is 4.29. The van der Waals surface area contributed by atoms with Crippen molar-refractivity contribution in [2.45, 2.75) is 6.54 Å². The summed E-state index contributed by atoms with van der Waals surface area (Å²) in [5.74, 6) is -0.0945. The van der Waals surface area contributed by atoms with Crippen LogP contribution in [0.4, 0.5) is 5.82 Å². The Labute approximate surface area is 89.2 Å². The van der Waals surface area contributed by atoms with Gasteiger partial charge in [0.05, 0.1) is 0 Å². The van der Waals surface area contributed by atoms with E-state index >= 15 is 0 Å². The van der Waals surface area contributed by atoms with Crippen molar-refractivity contribution < 1.29 is 4.79 Å². The average molecular weight is 223 g/mol. The Kier molecular flexibility index (Phi) is 2.23. The van der Waals surface area contributed by atoms with E-state index in [-0.39, 0.29) is 18.1 Å². The highest BCUT2D eigenvalue weighted by molar-refractivity contribution is 5.94. The molecule has 2 rings (SSSR count). The minimum Gasteiger partial charge on any atom is -0.382 e. The molecule has 0 atom stereocenters. The van der Waals surface area contributed by atoms with Crippen molar-refractivity contribution in [1.82, 2.24) is 35.2 Å². The number of nitrogens with zero attached hydrogens (tertiary/aromatic N) is 7. The number of aromatic nitrogens is 7. The van der Waals surface area contributed by atoms with Crippen molar-refractivity contribution in [2.75, 3.05) is 5.73 Å². The molecule has 16 heavy (non-hydrogen) atoms. The fourth-order valence-electron chi connectivity index (χ4n) is 1.13. The number of nitrogen functional groups attached to an aromatic ring is 1. The lowest BCUT2D eigenvalue weighted by Crippen LogP contribution is -2.15. The maximum Gasteiger partial charge on any atom is 0.273 e. The summed E-state index contributed by atoms with van der Waals surface area (Å²) in [6, 6.07) is 0. The summed E-state index contributed by atoms with van der Waals surface area (Å²) in [4.78, 5) is 10.9. The predicted octanol–water partition coefficient (Wildman–Crippen LogP) is -2.47. The zero-order valence-electron chi connectivity index (χ0n) is 8.40. The van der Waals surface area contributed by atoms with Gasteiger partial charge in [-0.15, -0.1) is 10.2 Å². The molecule has 1 amide bonds. The molecule has 4 N–H and O–H groups in total. The molecule has 0 radical (unpaired) electrons. The molecule has 0 aliphatic carbocycles. The van der Waals surface area contributed by atoms with Crippen LogP contribution in [0.15, 0.2) is 0 Å². The third-order valence-corrected chi connectivity index (χ3v) is 2.01. The van der Waals surface area contributed by atoms with E-state index < -0.39 is 5.91 Å². The van der Waals surface area contributed by atoms with Gasteiger partial charge in [0.25, 0.3) is 5.91 Å². The number of amides is 1. The molecule has 0 saturated heterocycles. The lowest BCUT2D eigenvalue weighted by Gasteiger charge is -2.00. The van der Waals surface area contributed by atoms with Crippen LogP contribution in [-0.2, 0) is 13.6 Å². The number of primary amides is 1. The first-order valence-electron chi connectivity index (χ1n) is 4.29. The zero-order valence-corrected chi connectivity index (χ0v) is 8.40. The second-order valence-electron chi connectivity index (χ2n) is 3.06. The summed E-state index contributed by atoms with van der Waals surface area (Å²) in [5.41, 5.74) is 10.6. The fourth-order valence-corrected chi connectivity index (χ4v) is 1.13. The molecule has 0 saturated carbocycles. The highest BCUT2D eigenvalue weighted by Gasteiger charge is 2.15. The van der Waals surface area contributed by atoms with Gasteiger partial charge < -0.3 is 11.5 Å². The zero-order chi connectivity index (χ0) is 11.7. The van der Waals surface area contributed by atoms with E-state index in [1.54, 1.807) is 7.05 Å². The monoisotopic (exact) mass is 223 g/mol. The van der Waals surface area contributed by atoms with Crippen molar-refractivity contribution in [3.05, 3.63) is 11.5 Å². The van der Waals surface area contributed by atoms with Crippen molar-refractivity contribution in [3.63, 3.8) is 0 Å². The van der Waals surface area contributed by atoms with Gasteiger partial charge in [-0.3, -0.25) is 4.79 Å². The van der Waals surface area contributed by atoms with Gasteiger partial charge in [0.2, 0.25) is 0 Å². The maximum absolute atomic E-state index is 10.9. The third kappa shape index (κ3) is 1.55. The van der Waals surface area contributed by atoms with Crippen molar-refractivity contribution >= 4 is 11.7 Å². The highest BCUT2D eigenvalue weighted by atomic mass is 16.1. The maximum atomic E-state index is 10.9. The van der Waals surface area contributed by atoms with Gasteiger partial charge in [-0.2, -0.15) is 0 Å². The van der Waals surface area contributed by atoms with E-state index in [0.29, 0.717) is 5.82 Å². The van der Waals surface area contributed by atoms with Crippen LogP contribution in [0.25, 0.3) is 0 Å². The van der Waals surface area contributed by atoms with Gasteiger partial charge in [-0.25, -0.2) is 9.36 Å². The molecule has 0 bridgehead atoms. The first kappa shape index (κ1) is 10.0. The van der Waals surface area contributed by atoms with Crippen LogP contribution in [0.1, 0.15) is 16.3 Å². The highest BCUT2D eigenvalue weighted by Crippen LogP contribution is 2.07. The molecule has 2 aromatic rings. The molecule has 0 fully saturated rings. The Morgan fingerprint density at radius 1 is 1.38 bits per heavy atom. The smallest absolute Gasteiger partial charge is 0.273 e. The van der Waals surface area contributed by atoms with E-state index in [2.05, 4.69) is 25.8 Å². The summed E-state index contributed by atoms with van der Waals surface area (Å²) in [7, 11) is 1.68. The lowest BCUT2D eigenvalue weighted by atomic mass is 10.4. The van der Waals surface area contributed by atoms with E-state index in [1.165, 1.54) is 9.36 Å². The summed E-state index contributed by atoms with van der Waals surface area (Å²) < 4.78 is 2.76. The van der Waals surface area contributed by atoms with E-state index in [0.717, 1.165) is 0 Å². The molecule has 10 nitrogen and oxygen atoms in total. The van der Waals surface area contributed by atoms with E-state index in [1.807, 2.05) is 0 Å². The van der Waals surface area contributed by atoms with Crippen LogP contribution in [0.2, 0.25) is 0 Å². The molecule has 0 aliphatic rings. The minimum absolute atomic E-state index is 0.0601. The second-order valence-corrected chi connectivity index (χ2v) is 3.06. The fraction of sp³-hybridized carbons (Fsp3) is 0.333. The summed E-state index contributed by atoms with van der Waals surface area (Å²) in [6.45, 7) is 0.218. The Morgan fingerprint density at radius 3 is 2.62 bits per heavy atom. The number of carbonyl (C=O) groups excluding carboxylic acids is 1. The number of rotatable bonds is 3. The Hall–Kier alpha value is -2.52. The molecule has 2 aromatic heterocycles. The van der Waals surface area contributed by atoms with Gasteiger partial charge >= 0.3 is 0 Å². The van der Waals surface area contributed by atoms with Crippen molar-refractivity contribution in [2.24, 2.45) is 12.8 Å². The molecular weight excluding hydrogens is 214 g/mol. The van der Waals surface area contributed by atoms with Gasteiger partial charge in [-0.05, 0) is 10.4 Å². The normalized spacial score (nSPS) is 10.6. The van der Waals surface area contributed by atoms with Gasteiger partial charge in [0, 0.05) is 7.05 Å². The SMILES string of the molecule is Cn1nnnc1Cn1nnc(C(N)=O)c1N. The summed E-state index contributed by atoms with van der Waals surface area (Å²) in [6.07, 6.45) is 0. The van der Waals surface area contributed by atoms with Gasteiger partial charge in [0.1, 0.15) is 6.54 Å². The molecule has 84 valence electrons. The number of hydrogen-bond acceptors (Lipinski definition) is 7. The van der Waals surface area contributed by atoms with Crippen molar-refractivity contribution in [1.29, 1.82) is 0 Å². The van der Waals surface area contributed by atoms with Crippen LogP contribution in [0.3, 0.4) is 0 Å². The Morgan fingerprint density at radius 2 is 2.12 bits per heavy atom. The quantitative estimate of drug-likeness (QED) is 0.586. The minimum atomic E-state index is -0.722. The largest absolute Gasteiger partial charge is 0.382 e. The van der Waals surface area contributed by atoms with E-state index in [9.17, 15) is 4.79 Å². The number of nitrogens with two attached hydrogens (primary N) is 2. The average Bonchev–Trinajstić information content (AvgIpc) is 2.76. The predicted molar refractivity (Wildman–Crippen MR) is 50.9 cm³/mol. The number of hydrogen-bond donors (Lipinski definition) is 2. The summed E-state index contributed by atoms with van der Waals surface area (Å²) >= 11 is 0. The molecule has 0 aliphatic heterocycles. The number of carbonyl (C=O) groups is 1. The molecule has 0 spiro atoms. The van der Waals surface area contributed by atoms with Crippen molar-refractivity contribution in [3.8, 4) is 0 Å². The first-order chi connectivity index (χ1) is 7.59. The standard InChI is InChI=1S/C6H9N9O/c1-14-3(9-11-13-14)2-15-5(7)4(6(8)16)10-12-15/h2,7H2,1H3,(H2,8,16). The van der Waals surface area contributed by atoms with Crippen LogP contribution in [0.5, 0.6) is 0 Å². The summed E-state index contributed by atoms with van der Waals surface area (Å²) in [5, 5.41) is 18.1. The molecule has 2 heterocycles. The third-order valence-electron chi connectivity index (χ3n) is 2.01. The van der Waals surface area contributed by atoms with Crippen LogP contribution in [0, 0.1) is 0 Å². The second kappa shape index (κ2) is 3.56. The van der Waals surface area contributed by atoms with Crippen LogP contribution >= 0.6 is 0 Å². The number of anilines is 1. The Bertz CT molecular complexity index is 526. The van der Waals surface area contributed by atoms with Gasteiger partial charge in [-0.1, -0.05) is 5.21 Å².